The van der Waals surface area contributed by atoms with Crippen molar-refractivity contribution >= 4 is 10.9 Å². The summed E-state index contributed by atoms with van der Waals surface area (Å²) in [5, 5.41) is 12.6. The fraction of sp³-hybridized carbons (Fsp3) is 0.480. The van der Waals surface area contributed by atoms with Crippen molar-refractivity contribution < 1.29 is 9.50 Å². The molecule has 5 rings (SSSR count). The van der Waals surface area contributed by atoms with Gasteiger partial charge in [0.25, 0.3) is 0 Å². The maximum Gasteiger partial charge on any atom is 0.112 e. The van der Waals surface area contributed by atoms with Gasteiger partial charge in [-0.2, -0.15) is 0 Å². The van der Waals surface area contributed by atoms with Gasteiger partial charge >= 0.3 is 0 Å². The first kappa shape index (κ1) is 19.7. The molecule has 0 saturated carbocycles. The van der Waals surface area contributed by atoms with Crippen molar-refractivity contribution in [2.75, 3.05) is 19.8 Å². The summed E-state index contributed by atoms with van der Waals surface area (Å²) in [6.07, 6.45) is 6.24. The average Bonchev–Trinajstić information content (AvgIpc) is 3.28. The first-order valence-electron chi connectivity index (χ1n) is 10.9. The highest BCUT2D eigenvalue weighted by Gasteiger charge is 2.49. The number of rotatable bonds is 4. The van der Waals surface area contributed by atoms with Crippen molar-refractivity contribution in [1.82, 2.24) is 14.5 Å². The minimum Gasteiger partial charge on any atom is -0.384 e. The molecule has 1 N–H and O–H groups in total. The van der Waals surface area contributed by atoms with Crippen LogP contribution < -0.4 is 0 Å². The van der Waals surface area contributed by atoms with Crippen LogP contribution in [0.3, 0.4) is 0 Å². The van der Waals surface area contributed by atoms with Crippen LogP contribution in [0.2, 0.25) is 0 Å². The standard InChI is InChI=1S/C25H30FN3O/c1-17-12-18(2)23-20(13-17)22-21(7-11-28-10-5-8-25(22,28)15-26)29(23)16-24(3,30)19-6-4-9-27-14-19/h4,6,9,12-14,30H,5,7-8,10-11,15-16H2,1-3H3. The Bertz CT molecular complexity index is 1100. The van der Waals surface area contributed by atoms with Crippen molar-refractivity contribution in [2.45, 2.75) is 57.7 Å². The topological polar surface area (TPSA) is 41.3 Å². The molecule has 2 aliphatic rings. The van der Waals surface area contributed by atoms with Crippen LogP contribution in [0.1, 0.15) is 47.7 Å². The van der Waals surface area contributed by atoms with E-state index in [0.717, 1.165) is 54.4 Å². The summed E-state index contributed by atoms with van der Waals surface area (Å²) < 4.78 is 17.0. The monoisotopic (exact) mass is 407 g/mol. The average molecular weight is 408 g/mol. The van der Waals surface area contributed by atoms with Crippen LogP contribution in [0.5, 0.6) is 0 Å². The van der Waals surface area contributed by atoms with Crippen LogP contribution in [0.25, 0.3) is 10.9 Å². The molecule has 1 aromatic carbocycles. The van der Waals surface area contributed by atoms with Gasteiger partial charge in [0.2, 0.25) is 0 Å². The molecule has 158 valence electrons. The fourth-order valence-corrected chi connectivity index (χ4v) is 5.97. The molecule has 2 atom stereocenters. The molecule has 2 aliphatic heterocycles. The zero-order valence-electron chi connectivity index (χ0n) is 18.1. The lowest BCUT2D eigenvalue weighted by molar-refractivity contribution is 0.0367. The highest BCUT2D eigenvalue weighted by Crippen LogP contribution is 2.49. The molecule has 0 aliphatic carbocycles. The Kier molecular flexibility index (Phi) is 4.53. The van der Waals surface area contributed by atoms with Crippen LogP contribution in [-0.2, 0) is 24.1 Å². The van der Waals surface area contributed by atoms with Gasteiger partial charge in [0.15, 0.2) is 0 Å². The maximum absolute atomic E-state index is 14.7. The molecular weight excluding hydrogens is 377 g/mol. The van der Waals surface area contributed by atoms with Crippen molar-refractivity contribution in [3.8, 4) is 0 Å². The lowest BCUT2D eigenvalue weighted by Gasteiger charge is -2.41. The van der Waals surface area contributed by atoms with E-state index in [-0.39, 0.29) is 6.67 Å². The summed E-state index contributed by atoms with van der Waals surface area (Å²) in [6.45, 7) is 8.00. The van der Waals surface area contributed by atoms with Crippen LogP contribution in [-0.4, -0.2) is 39.3 Å². The summed E-state index contributed by atoms with van der Waals surface area (Å²) in [5.74, 6) is 0. The van der Waals surface area contributed by atoms with E-state index in [0.29, 0.717) is 6.54 Å². The number of benzene rings is 1. The van der Waals surface area contributed by atoms with Crippen LogP contribution in [0, 0.1) is 13.8 Å². The Hall–Kier alpha value is -2.24. The first-order valence-corrected chi connectivity index (χ1v) is 10.9. The molecule has 0 bridgehead atoms. The van der Waals surface area contributed by atoms with E-state index in [9.17, 15) is 9.50 Å². The van der Waals surface area contributed by atoms with Gasteiger partial charge in [-0.25, -0.2) is 4.39 Å². The highest BCUT2D eigenvalue weighted by atomic mass is 19.1. The van der Waals surface area contributed by atoms with Gasteiger partial charge in [-0.05, 0) is 57.9 Å². The second kappa shape index (κ2) is 6.89. The molecule has 2 aromatic heterocycles. The van der Waals surface area contributed by atoms with E-state index in [4.69, 9.17) is 0 Å². The van der Waals surface area contributed by atoms with E-state index >= 15 is 0 Å². The molecule has 2 unspecified atom stereocenters. The quantitative estimate of drug-likeness (QED) is 0.698. The van der Waals surface area contributed by atoms with E-state index < -0.39 is 11.1 Å². The molecule has 0 spiro atoms. The first-order chi connectivity index (χ1) is 14.4. The number of hydrogen-bond donors (Lipinski definition) is 1. The lowest BCUT2D eigenvalue weighted by Crippen LogP contribution is -2.48. The van der Waals surface area contributed by atoms with Crippen LogP contribution >= 0.6 is 0 Å². The largest absolute Gasteiger partial charge is 0.384 e. The number of pyridine rings is 1. The van der Waals surface area contributed by atoms with Gasteiger partial charge in [0, 0.05) is 47.6 Å². The van der Waals surface area contributed by atoms with Gasteiger partial charge < -0.3 is 9.67 Å². The summed E-state index contributed by atoms with van der Waals surface area (Å²) in [6, 6.07) is 8.19. The minimum absolute atomic E-state index is 0.356. The zero-order chi connectivity index (χ0) is 21.1. The van der Waals surface area contributed by atoms with Gasteiger partial charge in [-0.15, -0.1) is 0 Å². The Morgan fingerprint density at radius 3 is 2.83 bits per heavy atom. The van der Waals surface area contributed by atoms with Gasteiger partial charge in [-0.1, -0.05) is 17.7 Å². The number of fused-ring (bicyclic) bond motifs is 5. The van der Waals surface area contributed by atoms with Gasteiger partial charge in [-0.3, -0.25) is 9.88 Å². The van der Waals surface area contributed by atoms with E-state index in [1.54, 1.807) is 12.4 Å². The second-order valence-electron chi connectivity index (χ2n) is 9.41. The summed E-state index contributed by atoms with van der Waals surface area (Å²) in [4.78, 5) is 6.56. The molecule has 5 heteroatoms. The minimum atomic E-state index is -1.07. The van der Waals surface area contributed by atoms with Gasteiger partial charge in [0.05, 0.1) is 17.6 Å². The van der Waals surface area contributed by atoms with Crippen LogP contribution in [0.15, 0.2) is 36.7 Å². The molecular formula is C25H30FN3O. The predicted octanol–water partition coefficient (Wildman–Crippen LogP) is 4.38. The Morgan fingerprint density at radius 1 is 1.27 bits per heavy atom. The third-order valence-electron chi connectivity index (χ3n) is 7.28. The molecule has 3 aromatic rings. The van der Waals surface area contributed by atoms with E-state index in [2.05, 4.69) is 40.4 Å². The lowest BCUT2D eigenvalue weighted by atomic mass is 9.82. The number of halogens is 1. The third-order valence-corrected chi connectivity index (χ3v) is 7.28. The Balaban J connectivity index is 1.76. The number of alkyl halides is 1. The number of aliphatic hydroxyl groups is 1. The maximum atomic E-state index is 14.7. The molecule has 30 heavy (non-hydrogen) atoms. The Morgan fingerprint density at radius 2 is 2.10 bits per heavy atom. The smallest absolute Gasteiger partial charge is 0.112 e. The van der Waals surface area contributed by atoms with Crippen LogP contribution in [0.4, 0.5) is 4.39 Å². The number of nitrogens with zero attached hydrogens (tertiary/aromatic N) is 3. The highest BCUT2D eigenvalue weighted by molar-refractivity contribution is 5.90. The molecule has 4 nitrogen and oxygen atoms in total. The molecule has 0 radical (unpaired) electrons. The number of aromatic nitrogens is 2. The predicted molar refractivity (Wildman–Crippen MR) is 117 cm³/mol. The fourth-order valence-electron chi connectivity index (χ4n) is 5.97. The summed E-state index contributed by atoms with van der Waals surface area (Å²) in [7, 11) is 0. The molecule has 0 amide bonds. The summed E-state index contributed by atoms with van der Waals surface area (Å²) in [5.41, 5.74) is 5.08. The number of aryl methyl sites for hydroxylation is 2. The van der Waals surface area contributed by atoms with E-state index in [1.165, 1.54) is 16.8 Å². The number of hydrogen-bond acceptors (Lipinski definition) is 3. The van der Waals surface area contributed by atoms with Crippen molar-refractivity contribution in [3.05, 3.63) is 64.6 Å². The molecule has 4 heterocycles. The normalized spacial score (nSPS) is 23.4. The van der Waals surface area contributed by atoms with Crippen molar-refractivity contribution in [3.63, 3.8) is 0 Å². The summed E-state index contributed by atoms with van der Waals surface area (Å²) >= 11 is 0. The molecule has 1 saturated heterocycles. The zero-order valence-corrected chi connectivity index (χ0v) is 18.1. The Labute approximate surface area is 177 Å². The van der Waals surface area contributed by atoms with Gasteiger partial charge in [0.1, 0.15) is 12.3 Å². The SMILES string of the molecule is Cc1cc(C)c2c(c1)c1c(n2CC(C)(O)c2cccnc2)CCN2CCCC12CF. The van der Waals surface area contributed by atoms with Crippen molar-refractivity contribution in [2.24, 2.45) is 0 Å². The second-order valence-corrected chi connectivity index (χ2v) is 9.41. The van der Waals surface area contributed by atoms with Crippen molar-refractivity contribution in [1.29, 1.82) is 0 Å². The van der Waals surface area contributed by atoms with E-state index in [1.807, 2.05) is 19.1 Å². The third kappa shape index (κ3) is 2.75. The molecule has 1 fully saturated rings.